The van der Waals surface area contributed by atoms with Gasteiger partial charge < -0.3 is 33.8 Å². The van der Waals surface area contributed by atoms with Crippen molar-refractivity contribution in [3.05, 3.63) is 0 Å². The fraction of sp³-hybridized carbons (Fsp3) is 0.949. The van der Waals surface area contributed by atoms with Crippen LogP contribution in [-0.2, 0) is 65.4 Å². The summed E-state index contributed by atoms with van der Waals surface area (Å²) in [6, 6.07) is 0. The van der Waals surface area contributed by atoms with Gasteiger partial charge in [0.25, 0.3) is 0 Å². The molecule has 19 heteroatoms. The van der Waals surface area contributed by atoms with Crippen LogP contribution in [0.5, 0.6) is 0 Å². The molecule has 0 fully saturated rings. The summed E-state index contributed by atoms with van der Waals surface area (Å²) in [5.74, 6) is 0.907. The van der Waals surface area contributed by atoms with E-state index in [2.05, 4.69) is 55.4 Å². The Labute approximate surface area is 594 Å². The van der Waals surface area contributed by atoms with Gasteiger partial charge in [-0.2, -0.15) is 0 Å². The first-order valence-corrected chi connectivity index (χ1v) is 43.2. The maximum atomic E-state index is 13.1. The van der Waals surface area contributed by atoms with E-state index in [1.165, 1.54) is 193 Å². The zero-order valence-electron chi connectivity index (χ0n) is 63.7. The maximum Gasteiger partial charge on any atom is 0.472 e. The second-order valence-corrected chi connectivity index (χ2v) is 32.9. The lowest BCUT2D eigenvalue weighted by molar-refractivity contribution is -0.161. The molecule has 0 bridgehead atoms. The van der Waals surface area contributed by atoms with Gasteiger partial charge in [0, 0.05) is 25.7 Å². The Morgan fingerprint density at radius 1 is 0.258 bits per heavy atom. The number of phosphoric ester groups is 2. The molecule has 0 saturated carbocycles. The molecule has 0 aromatic carbocycles. The van der Waals surface area contributed by atoms with Crippen molar-refractivity contribution in [2.75, 3.05) is 39.6 Å². The highest BCUT2D eigenvalue weighted by atomic mass is 31.2. The van der Waals surface area contributed by atoms with Gasteiger partial charge >= 0.3 is 39.5 Å². The standard InChI is InChI=1S/C78H152O17P2/c1-68(2)54-46-38-30-24-19-15-11-9-10-12-17-21-27-34-44-52-60-77(82)94-73(64-88-75(80)58-50-42-33-29-23-26-32-40-48-56-70(5)6)66-92-96(84,85)90-62-72(79)63-91-97(86,87)93-67-74(65-89-76(81)59-51-43-37-36-41-49-57-71(7)8)95-78(83)61-53-45-35-28-22-18-14-13-16-20-25-31-39-47-55-69(3)4/h68-74,79H,9-67H2,1-8H3,(H,84,85)(H,86,87)/t72-,73-,74-/m1/s1. The second-order valence-electron chi connectivity index (χ2n) is 30.0. The fourth-order valence-electron chi connectivity index (χ4n) is 11.9. The van der Waals surface area contributed by atoms with Crippen molar-refractivity contribution in [3.63, 3.8) is 0 Å². The van der Waals surface area contributed by atoms with Crippen molar-refractivity contribution in [2.45, 2.75) is 414 Å². The lowest BCUT2D eigenvalue weighted by Gasteiger charge is -2.21. The van der Waals surface area contributed by atoms with E-state index >= 15 is 0 Å². The van der Waals surface area contributed by atoms with E-state index in [4.69, 9.17) is 37.0 Å². The summed E-state index contributed by atoms with van der Waals surface area (Å²) in [4.78, 5) is 72.8. The van der Waals surface area contributed by atoms with E-state index in [1.807, 2.05) is 0 Å². The third-order valence-corrected chi connectivity index (χ3v) is 20.0. The summed E-state index contributed by atoms with van der Waals surface area (Å²) in [5, 5.41) is 10.6. The SMILES string of the molecule is CC(C)CCCCCCCCCCCCCCCCCCC(=O)O[C@H](COC(=O)CCCCCCCCCCCC(C)C)COP(=O)(O)OC[C@@H](O)COP(=O)(O)OC[C@@H](COC(=O)CCCCCCCCC(C)C)OC(=O)CCCCCCCCCCCCCCCCC(C)C. The van der Waals surface area contributed by atoms with E-state index in [1.54, 1.807) is 0 Å². The van der Waals surface area contributed by atoms with Gasteiger partial charge in [0.15, 0.2) is 12.2 Å². The highest BCUT2D eigenvalue weighted by Gasteiger charge is 2.30. The third kappa shape index (κ3) is 72.2. The van der Waals surface area contributed by atoms with Gasteiger partial charge in [-0.15, -0.1) is 0 Å². The van der Waals surface area contributed by atoms with Crippen LogP contribution in [0.25, 0.3) is 0 Å². The van der Waals surface area contributed by atoms with Crippen LogP contribution in [0.1, 0.15) is 396 Å². The number of unbranched alkanes of at least 4 members (excludes halogenated alkanes) is 41. The normalized spacial score (nSPS) is 14.1. The predicted octanol–water partition coefficient (Wildman–Crippen LogP) is 22.8. The zero-order chi connectivity index (χ0) is 71.7. The van der Waals surface area contributed by atoms with Crippen molar-refractivity contribution >= 4 is 39.5 Å². The van der Waals surface area contributed by atoms with Crippen LogP contribution in [0.15, 0.2) is 0 Å². The van der Waals surface area contributed by atoms with E-state index < -0.39 is 97.5 Å². The lowest BCUT2D eigenvalue weighted by atomic mass is 10.0. The Hall–Kier alpha value is -1.94. The van der Waals surface area contributed by atoms with Gasteiger partial charge in [-0.1, -0.05) is 344 Å². The Bertz CT molecular complexity index is 1900. The second kappa shape index (κ2) is 67.2. The highest BCUT2D eigenvalue weighted by molar-refractivity contribution is 7.47. The topological polar surface area (TPSA) is 237 Å². The molecule has 0 amide bonds. The molecule has 0 saturated heterocycles. The van der Waals surface area contributed by atoms with Crippen LogP contribution in [0.3, 0.4) is 0 Å². The molecule has 0 aliphatic rings. The molecule has 0 aliphatic carbocycles. The van der Waals surface area contributed by atoms with E-state index in [0.717, 1.165) is 114 Å². The van der Waals surface area contributed by atoms with Crippen LogP contribution < -0.4 is 0 Å². The number of carbonyl (C=O) groups excluding carboxylic acids is 4. The van der Waals surface area contributed by atoms with Crippen molar-refractivity contribution in [1.82, 2.24) is 0 Å². The van der Waals surface area contributed by atoms with Gasteiger partial charge in [-0.25, -0.2) is 9.13 Å². The van der Waals surface area contributed by atoms with Gasteiger partial charge in [0.2, 0.25) is 0 Å². The molecule has 0 aromatic heterocycles. The number of phosphoric acid groups is 2. The molecule has 17 nitrogen and oxygen atoms in total. The smallest absolute Gasteiger partial charge is 0.462 e. The molecule has 3 N–H and O–H groups in total. The number of aliphatic hydroxyl groups is 1. The number of ether oxygens (including phenoxy) is 4. The number of aliphatic hydroxyl groups excluding tert-OH is 1. The summed E-state index contributed by atoms with van der Waals surface area (Å²) in [6.45, 7) is 14.2. The Morgan fingerprint density at radius 3 is 0.639 bits per heavy atom. The molecule has 0 rings (SSSR count). The maximum absolute atomic E-state index is 13.1. The average Bonchev–Trinajstić information content (AvgIpc) is 1.10. The number of esters is 4. The van der Waals surface area contributed by atoms with Crippen LogP contribution in [0.4, 0.5) is 0 Å². The van der Waals surface area contributed by atoms with E-state index in [9.17, 15) is 43.2 Å². The first kappa shape index (κ1) is 95.1. The summed E-state index contributed by atoms with van der Waals surface area (Å²) in [6.07, 6.45) is 52.9. The largest absolute Gasteiger partial charge is 0.472 e. The Kier molecular flexibility index (Phi) is 65.9. The van der Waals surface area contributed by atoms with E-state index in [0.29, 0.717) is 31.6 Å². The van der Waals surface area contributed by atoms with E-state index in [-0.39, 0.29) is 25.7 Å². The molecule has 5 atom stereocenters. The lowest BCUT2D eigenvalue weighted by Crippen LogP contribution is -2.30. The molecule has 97 heavy (non-hydrogen) atoms. The van der Waals surface area contributed by atoms with Gasteiger partial charge in [-0.05, 0) is 49.4 Å². The van der Waals surface area contributed by atoms with Crippen LogP contribution in [-0.4, -0.2) is 96.7 Å². The number of hydrogen-bond acceptors (Lipinski definition) is 15. The zero-order valence-corrected chi connectivity index (χ0v) is 65.5. The molecule has 0 aromatic rings. The van der Waals surface area contributed by atoms with Gasteiger partial charge in [0.1, 0.15) is 19.3 Å². The van der Waals surface area contributed by atoms with Crippen molar-refractivity contribution in [1.29, 1.82) is 0 Å². The van der Waals surface area contributed by atoms with Crippen molar-refractivity contribution < 1.29 is 80.2 Å². The fourth-order valence-corrected chi connectivity index (χ4v) is 13.5. The quantitative estimate of drug-likeness (QED) is 0.0222. The molecule has 0 heterocycles. The van der Waals surface area contributed by atoms with Crippen LogP contribution in [0.2, 0.25) is 0 Å². The predicted molar refractivity (Wildman–Crippen MR) is 395 cm³/mol. The number of hydrogen-bond donors (Lipinski definition) is 3. The Balaban J connectivity index is 5.21. The summed E-state index contributed by atoms with van der Waals surface area (Å²) >= 11 is 0. The average molecular weight is 1420 g/mol. The molecule has 576 valence electrons. The number of carbonyl (C=O) groups is 4. The highest BCUT2D eigenvalue weighted by Crippen LogP contribution is 2.45. The minimum absolute atomic E-state index is 0.106. The first-order valence-electron chi connectivity index (χ1n) is 40.2. The molecular formula is C78H152O17P2. The monoisotopic (exact) mass is 1420 g/mol. The summed E-state index contributed by atoms with van der Waals surface area (Å²) in [7, 11) is -9.92. The van der Waals surface area contributed by atoms with Gasteiger partial charge in [-0.3, -0.25) is 37.3 Å². The first-order chi connectivity index (χ1) is 46.6. The molecular weight excluding hydrogens is 1270 g/mol. The molecule has 0 spiro atoms. The molecule has 2 unspecified atom stereocenters. The minimum atomic E-state index is -4.96. The molecule has 0 radical (unpaired) electrons. The van der Waals surface area contributed by atoms with Crippen LogP contribution in [0, 0.1) is 23.7 Å². The third-order valence-electron chi connectivity index (χ3n) is 18.1. The van der Waals surface area contributed by atoms with Crippen molar-refractivity contribution in [3.8, 4) is 0 Å². The van der Waals surface area contributed by atoms with Gasteiger partial charge in [0.05, 0.1) is 26.4 Å². The molecule has 0 aliphatic heterocycles. The van der Waals surface area contributed by atoms with Crippen LogP contribution >= 0.6 is 15.6 Å². The summed E-state index contributed by atoms with van der Waals surface area (Å²) in [5.41, 5.74) is 0. The van der Waals surface area contributed by atoms with Crippen molar-refractivity contribution in [2.24, 2.45) is 23.7 Å². The number of rotatable bonds is 75. The minimum Gasteiger partial charge on any atom is -0.462 e. The Morgan fingerprint density at radius 2 is 0.433 bits per heavy atom. The summed E-state index contributed by atoms with van der Waals surface area (Å²) < 4.78 is 68.6.